The maximum Gasteiger partial charge on any atom is 0.293 e. The first-order chi connectivity index (χ1) is 12.0. The zero-order chi connectivity index (χ0) is 18.0. The van der Waals surface area contributed by atoms with Gasteiger partial charge in [0, 0.05) is 28.9 Å². The van der Waals surface area contributed by atoms with Gasteiger partial charge in [-0.3, -0.25) is 10.1 Å². The number of anilines is 1. The van der Waals surface area contributed by atoms with E-state index in [1.807, 2.05) is 48.9 Å². The second-order valence-corrected chi connectivity index (χ2v) is 6.11. The molecule has 0 aliphatic heterocycles. The van der Waals surface area contributed by atoms with Crippen molar-refractivity contribution in [3.05, 3.63) is 80.6 Å². The van der Waals surface area contributed by atoms with Crippen LogP contribution in [-0.2, 0) is 6.54 Å². The van der Waals surface area contributed by atoms with E-state index in [2.05, 4.69) is 10.4 Å². The normalized spacial score (nSPS) is 10.7. The molecule has 1 heterocycles. The zero-order valence-electron chi connectivity index (χ0n) is 13.9. The summed E-state index contributed by atoms with van der Waals surface area (Å²) in [6.07, 6.45) is 0. The highest BCUT2D eigenvalue weighted by Gasteiger charge is 2.17. The quantitative estimate of drug-likeness (QED) is 0.533. The molecule has 0 spiro atoms. The lowest BCUT2D eigenvalue weighted by molar-refractivity contribution is -0.383. The molecule has 1 aromatic heterocycles. The van der Waals surface area contributed by atoms with Crippen molar-refractivity contribution in [3.8, 4) is 5.69 Å². The molecule has 1 N–H and O–H groups in total. The highest BCUT2D eigenvalue weighted by atomic mass is 35.5. The fourth-order valence-electron chi connectivity index (χ4n) is 2.74. The SMILES string of the molecule is Cc1nn(-c2ccccc2)c(C)c1CNc1ccc(Cl)cc1[N+](=O)[O-]. The smallest absolute Gasteiger partial charge is 0.293 e. The first kappa shape index (κ1) is 17.0. The zero-order valence-corrected chi connectivity index (χ0v) is 14.6. The molecule has 7 heteroatoms. The largest absolute Gasteiger partial charge is 0.375 e. The van der Waals surface area contributed by atoms with Crippen molar-refractivity contribution < 1.29 is 4.92 Å². The minimum absolute atomic E-state index is 0.0433. The van der Waals surface area contributed by atoms with E-state index in [4.69, 9.17) is 11.6 Å². The molecule has 128 valence electrons. The minimum atomic E-state index is -0.443. The van der Waals surface area contributed by atoms with Crippen LogP contribution in [0, 0.1) is 24.0 Å². The summed E-state index contributed by atoms with van der Waals surface area (Å²) >= 11 is 5.85. The Labute approximate surface area is 150 Å². The summed E-state index contributed by atoms with van der Waals surface area (Å²) in [7, 11) is 0. The van der Waals surface area contributed by atoms with E-state index in [9.17, 15) is 10.1 Å². The predicted octanol–water partition coefficient (Wildman–Crippen LogP) is 4.66. The van der Waals surface area contributed by atoms with Crippen molar-refractivity contribution in [3.63, 3.8) is 0 Å². The van der Waals surface area contributed by atoms with E-state index < -0.39 is 4.92 Å². The van der Waals surface area contributed by atoms with Gasteiger partial charge in [-0.25, -0.2) is 4.68 Å². The van der Waals surface area contributed by atoms with E-state index in [0.29, 0.717) is 17.3 Å². The lowest BCUT2D eigenvalue weighted by Gasteiger charge is -2.09. The highest BCUT2D eigenvalue weighted by Crippen LogP contribution is 2.29. The molecule has 25 heavy (non-hydrogen) atoms. The number of hydrogen-bond donors (Lipinski definition) is 1. The Hall–Kier alpha value is -2.86. The summed E-state index contributed by atoms with van der Waals surface area (Å²) in [5.41, 5.74) is 4.25. The average molecular weight is 357 g/mol. The Balaban J connectivity index is 1.88. The van der Waals surface area contributed by atoms with Crippen molar-refractivity contribution >= 4 is 23.0 Å². The van der Waals surface area contributed by atoms with Crippen LogP contribution in [0.4, 0.5) is 11.4 Å². The Morgan fingerprint density at radius 1 is 1.20 bits per heavy atom. The van der Waals surface area contributed by atoms with Crippen molar-refractivity contribution in [1.29, 1.82) is 0 Å². The number of aromatic nitrogens is 2. The van der Waals surface area contributed by atoms with Gasteiger partial charge in [0.2, 0.25) is 0 Å². The van der Waals surface area contributed by atoms with Gasteiger partial charge in [-0.05, 0) is 38.1 Å². The van der Waals surface area contributed by atoms with Crippen LogP contribution in [0.2, 0.25) is 5.02 Å². The van der Waals surface area contributed by atoms with Crippen LogP contribution in [0.5, 0.6) is 0 Å². The van der Waals surface area contributed by atoms with Gasteiger partial charge in [-0.1, -0.05) is 29.8 Å². The number of nitro groups is 1. The van der Waals surface area contributed by atoms with Crippen LogP contribution in [0.3, 0.4) is 0 Å². The maximum absolute atomic E-state index is 11.2. The van der Waals surface area contributed by atoms with E-state index in [1.165, 1.54) is 6.07 Å². The number of para-hydroxylation sites is 1. The molecular weight excluding hydrogens is 340 g/mol. The number of nitro benzene ring substituents is 1. The van der Waals surface area contributed by atoms with Crippen molar-refractivity contribution in [2.24, 2.45) is 0 Å². The van der Waals surface area contributed by atoms with Crippen molar-refractivity contribution in [2.45, 2.75) is 20.4 Å². The summed E-state index contributed by atoms with van der Waals surface area (Å²) in [5, 5.41) is 19.3. The average Bonchev–Trinajstić information content (AvgIpc) is 2.89. The van der Waals surface area contributed by atoms with Crippen LogP contribution < -0.4 is 5.32 Å². The molecule has 0 unspecified atom stereocenters. The highest BCUT2D eigenvalue weighted by molar-refractivity contribution is 6.30. The third-order valence-corrected chi connectivity index (χ3v) is 4.29. The Morgan fingerprint density at radius 3 is 2.60 bits per heavy atom. The monoisotopic (exact) mass is 356 g/mol. The predicted molar refractivity (Wildman–Crippen MR) is 98.5 cm³/mol. The number of aryl methyl sites for hydroxylation is 1. The molecule has 0 bridgehead atoms. The molecule has 0 amide bonds. The van der Waals surface area contributed by atoms with Gasteiger partial charge >= 0.3 is 0 Å². The molecule has 0 aliphatic carbocycles. The fraction of sp³-hybridized carbons (Fsp3) is 0.167. The molecule has 0 fully saturated rings. The molecule has 3 rings (SSSR count). The van der Waals surface area contributed by atoms with Crippen molar-refractivity contribution in [2.75, 3.05) is 5.32 Å². The standard InChI is InChI=1S/C18H17ClN4O2/c1-12-16(13(2)22(21-12)15-6-4-3-5-7-15)11-20-17-9-8-14(19)10-18(17)23(24)25/h3-10,20H,11H2,1-2H3. The molecule has 6 nitrogen and oxygen atoms in total. The van der Waals surface area contributed by atoms with Gasteiger partial charge in [0.15, 0.2) is 0 Å². The molecule has 0 radical (unpaired) electrons. The second-order valence-electron chi connectivity index (χ2n) is 5.67. The molecule has 0 atom stereocenters. The summed E-state index contributed by atoms with van der Waals surface area (Å²) < 4.78 is 1.88. The van der Waals surface area contributed by atoms with E-state index in [0.717, 1.165) is 22.6 Å². The lowest BCUT2D eigenvalue weighted by atomic mass is 10.2. The Kier molecular flexibility index (Phi) is 4.72. The maximum atomic E-state index is 11.2. The van der Waals surface area contributed by atoms with Crippen LogP contribution in [-0.4, -0.2) is 14.7 Å². The van der Waals surface area contributed by atoms with Crippen LogP contribution >= 0.6 is 11.6 Å². The number of hydrogen-bond acceptors (Lipinski definition) is 4. The van der Waals surface area contributed by atoms with Gasteiger partial charge in [-0.2, -0.15) is 5.10 Å². The van der Waals surface area contributed by atoms with Gasteiger partial charge in [-0.15, -0.1) is 0 Å². The van der Waals surface area contributed by atoms with Gasteiger partial charge in [0.05, 0.1) is 16.3 Å². The fourth-order valence-corrected chi connectivity index (χ4v) is 2.91. The van der Waals surface area contributed by atoms with Gasteiger partial charge < -0.3 is 5.32 Å². The lowest BCUT2D eigenvalue weighted by Crippen LogP contribution is -2.05. The number of benzene rings is 2. The van der Waals surface area contributed by atoms with Crippen LogP contribution in [0.1, 0.15) is 17.0 Å². The molecule has 0 saturated heterocycles. The molecule has 0 aliphatic rings. The molecule has 0 saturated carbocycles. The Morgan fingerprint density at radius 2 is 1.92 bits per heavy atom. The molecular formula is C18H17ClN4O2. The summed E-state index contributed by atoms with van der Waals surface area (Å²) in [5.74, 6) is 0. The Bertz CT molecular complexity index is 922. The van der Waals surface area contributed by atoms with Crippen molar-refractivity contribution in [1.82, 2.24) is 9.78 Å². The number of rotatable bonds is 5. The van der Waals surface area contributed by atoms with Gasteiger partial charge in [0.1, 0.15) is 5.69 Å². The number of nitrogens with one attached hydrogen (secondary N) is 1. The number of nitrogens with zero attached hydrogens (tertiary/aromatic N) is 3. The summed E-state index contributed by atoms with van der Waals surface area (Å²) in [4.78, 5) is 10.8. The summed E-state index contributed by atoms with van der Waals surface area (Å²) in [6.45, 7) is 4.35. The third-order valence-electron chi connectivity index (χ3n) is 4.05. The third kappa shape index (κ3) is 3.49. The van der Waals surface area contributed by atoms with Crippen LogP contribution in [0.25, 0.3) is 5.69 Å². The minimum Gasteiger partial charge on any atom is -0.375 e. The molecule has 3 aromatic rings. The topological polar surface area (TPSA) is 73.0 Å². The van der Waals surface area contributed by atoms with Crippen LogP contribution in [0.15, 0.2) is 48.5 Å². The van der Waals surface area contributed by atoms with E-state index in [1.54, 1.807) is 12.1 Å². The van der Waals surface area contributed by atoms with E-state index >= 15 is 0 Å². The molecule has 2 aromatic carbocycles. The van der Waals surface area contributed by atoms with Gasteiger partial charge in [0.25, 0.3) is 5.69 Å². The van der Waals surface area contributed by atoms with E-state index in [-0.39, 0.29) is 5.69 Å². The first-order valence-corrected chi connectivity index (χ1v) is 8.13. The first-order valence-electron chi connectivity index (χ1n) is 7.75. The summed E-state index contributed by atoms with van der Waals surface area (Å²) in [6, 6.07) is 14.4. The second kappa shape index (κ2) is 6.94. The number of halogens is 1.